The summed E-state index contributed by atoms with van der Waals surface area (Å²) in [5, 5.41) is 4.72. The SMILES string of the molecule is c1ccc2c3c(ccc2c1)C1c2ccsc2CCN1CO3. The van der Waals surface area contributed by atoms with Crippen molar-refractivity contribution in [2.24, 2.45) is 0 Å². The number of hydrogen-bond acceptors (Lipinski definition) is 3. The summed E-state index contributed by atoms with van der Waals surface area (Å²) in [4.78, 5) is 3.99. The van der Waals surface area contributed by atoms with E-state index in [0.29, 0.717) is 12.8 Å². The predicted molar refractivity (Wildman–Crippen MR) is 86.0 cm³/mol. The molecular weight excluding hydrogens is 278 g/mol. The van der Waals surface area contributed by atoms with E-state index in [2.05, 4.69) is 52.7 Å². The second-order valence-electron chi connectivity index (χ2n) is 5.74. The highest BCUT2D eigenvalue weighted by Crippen LogP contribution is 2.45. The molecule has 2 nitrogen and oxygen atoms in total. The summed E-state index contributed by atoms with van der Waals surface area (Å²) in [6, 6.07) is 15.6. The zero-order chi connectivity index (χ0) is 13.8. The van der Waals surface area contributed by atoms with Gasteiger partial charge in [-0.2, -0.15) is 0 Å². The molecule has 0 radical (unpaired) electrons. The van der Waals surface area contributed by atoms with Gasteiger partial charge in [0.1, 0.15) is 12.5 Å². The van der Waals surface area contributed by atoms with E-state index in [1.807, 2.05) is 11.3 Å². The first-order chi connectivity index (χ1) is 10.4. The van der Waals surface area contributed by atoms with Crippen molar-refractivity contribution in [1.82, 2.24) is 4.90 Å². The molecule has 3 heteroatoms. The molecule has 5 rings (SSSR count). The maximum absolute atomic E-state index is 6.13. The molecule has 2 aliphatic heterocycles. The van der Waals surface area contributed by atoms with E-state index in [9.17, 15) is 0 Å². The smallest absolute Gasteiger partial charge is 0.142 e. The second kappa shape index (κ2) is 4.33. The Morgan fingerprint density at radius 1 is 1.05 bits per heavy atom. The number of thiophene rings is 1. The van der Waals surface area contributed by atoms with Gasteiger partial charge in [-0.15, -0.1) is 11.3 Å². The largest absolute Gasteiger partial charge is 0.477 e. The molecule has 21 heavy (non-hydrogen) atoms. The molecule has 1 aromatic heterocycles. The van der Waals surface area contributed by atoms with E-state index < -0.39 is 0 Å². The van der Waals surface area contributed by atoms with Crippen LogP contribution in [-0.2, 0) is 6.42 Å². The quantitative estimate of drug-likeness (QED) is 0.616. The molecule has 0 N–H and O–H groups in total. The van der Waals surface area contributed by atoms with Crippen LogP contribution in [0.4, 0.5) is 0 Å². The minimum atomic E-state index is 0.369. The summed E-state index contributed by atoms with van der Waals surface area (Å²) in [6.07, 6.45) is 1.15. The molecule has 0 amide bonds. The Morgan fingerprint density at radius 3 is 3.00 bits per heavy atom. The van der Waals surface area contributed by atoms with Crippen molar-refractivity contribution in [2.75, 3.05) is 13.3 Å². The molecule has 3 aromatic rings. The lowest BCUT2D eigenvalue weighted by Crippen LogP contribution is -2.41. The lowest BCUT2D eigenvalue weighted by molar-refractivity contribution is 0.0699. The molecule has 1 atom stereocenters. The van der Waals surface area contributed by atoms with Crippen molar-refractivity contribution in [3.05, 3.63) is 63.8 Å². The van der Waals surface area contributed by atoms with Gasteiger partial charge in [-0.05, 0) is 28.8 Å². The summed E-state index contributed by atoms with van der Waals surface area (Å²) in [5.41, 5.74) is 2.80. The summed E-state index contributed by atoms with van der Waals surface area (Å²) < 4.78 is 6.13. The molecule has 2 aromatic carbocycles. The Morgan fingerprint density at radius 2 is 2.00 bits per heavy atom. The van der Waals surface area contributed by atoms with Gasteiger partial charge in [0, 0.05) is 22.4 Å². The topological polar surface area (TPSA) is 12.5 Å². The number of fused-ring (bicyclic) bond motifs is 7. The summed E-state index contributed by atoms with van der Waals surface area (Å²) in [7, 11) is 0. The highest BCUT2D eigenvalue weighted by atomic mass is 32.1. The van der Waals surface area contributed by atoms with Crippen LogP contribution in [0.25, 0.3) is 10.8 Å². The standard InChI is InChI=1S/C18H15NOS/c1-2-4-13-12(3-1)5-6-15-17-14-8-10-21-16(14)7-9-19(17)11-20-18(13)15/h1-6,8,10,17H,7,9,11H2. The van der Waals surface area contributed by atoms with E-state index in [1.165, 1.54) is 26.8 Å². The molecule has 0 aliphatic carbocycles. The van der Waals surface area contributed by atoms with Crippen molar-refractivity contribution in [3.8, 4) is 5.75 Å². The van der Waals surface area contributed by atoms with E-state index >= 15 is 0 Å². The number of benzene rings is 2. The molecule has 0 saturated carbocycles. The molecule has 0 bridgehead atoms. The molecule has 3 heterocycles. The maximum atomic E-state index is 6.13. The fourth-order valence-corrected chi connectivity index (χ4v) is 4.56. The Kier molecular flexibility index (Phi) is 2.43. The summed E-state index contributed by atoms with van der Waals surface area (Å²) in [5.74, 6) is 1.08. The third-order valence-corrected chi connectivity index (χ3v) is 5.64. The number of nitrogens with zero attached hydrogens (tertiary/aromatic N) is 1. The average molecular weight is 293 g/mol. The molecule has 0 spiro atoms. The molecule has 0 saturated heterocycles. The first-order valence-electron chi connectivity index (χ1n) is 7.36. The van der Waals surface area contributed by atoms with Gasteiger partial charge in [-0.1, -0.05) is 36.4 Å². The first-order valence-corrected chi connectivity index (χ1v) is 8.24. The first kappa shape index (κ1) is 11.8. The van der Waals surface area contributed by atoms with Gasteiger partial charge in [0.05, 0.1) is 6.04 Å². The number of ether oxygens (including phenoxy) is 1. The molecule has 1 unspecified atom stereocenters. The average Bonchev–Trinajstić information content (AvgIpc) is 3.02. The number of hydrogen-bond donors (Lipinski definition) is 0. The van der Waals surface area contributed by atoms with Gasteiger partial charge in [0.15, 0.2) is 0 Å². The van der Waals surface area contributed by atoms with Crippen molar-refractivity contribution in [2.45, 2.75) is 12.5 Å². The van der Waals surface area contributed by atoms with Crippen LogP contribution in [0.3, 0.4) is 0 Å². The Labute approximate surface area is 127 Å². The normalized spacial score (nSPS) is 20.5. The van der Waals surface area contributed by atoms with Crippen LogP contribution in [0.15, 0.2) is 47.8 Å². The minimum Gasteiger partial charge on any atom is -0.477 e. The zero-order valence-corrected chi connectivity index (χ0v) is 12.4. The number of rotatable bonds is 0. The van der Waals surface area contributed by atoms with Crippen LogP contribution >= 0.6 is 11.3 Å². The molecule has 104 valence electrons. The highest BCUT2D eigenvalue weighted by molar-refractivity contribution is 7.10. The van der Waals surface area contributed by atoms with Crippen LogP contribution in [0.2, 0.25) is 0 Å². The van der Waals surface area contributed by atoms with Gasteiger partial charge < -0.3 is 4.74 Å². The Bertz CT molecular complexity index is 838. The summed E-state index contributed by atoms with van der Waals surface area (Å²) in [6.45, 7) is 1.78. The van der Waals surface area contributed by atoms with Gasteiger partial charge >= 0.3 is 0 Å². The lowest BCUT2D eigenvalue weighted by atomic mass is 9.90. The highest BCUT2D eigenvalue weighted by Gasteiger charge is 2.35. The van der Waals surface area contributed by atoms with Crippen molar-refractivity contribution >= 4 is 22.1 Å². The van der Waals surface area contributed by atoms with E-state index in [1.54, 1.807) is 0 Å². The predicted octanol–water partition coefficient (Wildman–Crippen LogP) is 4.20. The second-order valence-corrected chi connectivity index (χ2v) is 6.74. The maximum Gasteiger partial charge on any atom is 0.142 e. The van der Waals surface area contributed by atoms with Gasteiger partial charge in [0.2, 0.25) is 0 Å². The monoisotopic (exact) mass is 293 g/mol. The Balaban J connectivity index is 1.78. The van der Waals surface area contributed by atoms with Crippen molar-refractivity contribution in [3.63, 3.8) is 0 Å². The fraction of sp³-hybridized carbons (Fsp3) is 0.222. The molecule has 2 aliphatic rings. The van der Waals surface area contributed by atoms with E-state index in [0.717, 1.165) is 18.7 Å². The summed E-state index contributed by atoms with van der Waals surface area (Å²) >= 11 is 1.89. The Hall–Kier alpha value is -1.84. The lowest BCUT2D eigenvalue weighted by Gasteiger charge is -2.40. The van der Waals surface area contributed by atoms with Crippen LogP contribution in [0, 0.1) is 0 Å². The minimum absolute atomic E-state index is 0.369. The third kappa shape index (κ3) is 1.62. The van der Waals surface area contributed by atoms with Crippen LogP contribution < -0.4 is 4.74 Å². The van der Waals surface area contributed by atoms with Crippen molar-refractivity contribution in [1.29, 1.82) is 0 Å². The van der Waals surface area contributed by atoms with E-state index in [4.69, 9.17) is 4.74 Å². The third-order valence-electron chi connectivity index (χ3n) is 4.65. The fourth-order valence-electron chi connectivity index (χ4n) is 3.66. The van der Waals surface area contributed by atoms with Crippen LogP contribution in [0.1, 0.15) is 22.0 Å². The van der Waals surface area contributed by atoms with E-state index in [-0.39, 0.29) is 0 Å². The van der Waals surface area contributed by atoms with Crippen LogP contribution in [-0.4, -0.2) is 18.2 Å². The molecule has 0 fully saturated rings. The zero-order valence-electron chi connectivity index (χ0n) is 11.6. The van der Waals surface area contributed by atoms with Gasteiger partial charge in [-0.25, -0.2) is 0 Å². The van der Waals surface area contributed by atoms with Crippen LogP contribution in [0.5, 0.6) is 5.75 Å². The molecular formula is C18H15NOS. The van der Waals surface area contributed by atoms with Gasteiger partial charge in [0.25, 0.3) is 0 Å². The van der Waals surface area contributed by atoms with Crippen molar-refractivity contribution < 1.29 is 4.74 Å². The van der Waals surface area contributed by atoms with Gasteiger partial charge in [-0.3, -0.25) is 4.90 Å².